The van der Waals surface area contributed by atoms with Gasteiger partial charge in [-0.15, -0.1) is 6.58 Å². The van der Waals surface area contributed by atoms with Crippen molar-refractivity contribution >= 4 is 5.91 Å². The maximum absolute atomic E-state index is 12.0. The molecule has 2 atom stereocenters. The van der Waals surface area contributed by atoms with E-state index in [0.29, 0.717) is 0 Å². The Hall–Kier alpha value is -1.61. The molecule has 0 fully saturated rings. The summed E-state index contributed by atoms with van der Waals surface area (Å²) in [6.45, 7) is 6.34. The maximum Gasteiger partial charge on any atom is 0.237 e. The Kier molecular flexibility index (Phi) is 3.59. The molecule has 0 aromatic heterocycles. The van der Waals surface area contributed by atoms with Gasteiger partial charge < -0.3 is 10.6 Å². The molecular weight excluding hydrogens is 212 g/mol. The van der Waals surface area contributed by atoms with Gasteiger partial charge in [-0.1, -0.05) is 30.3 Å². The molecule has 17 heavy (non-hydrogen) atoms. The summed E-state index contributed by atoms with van der Waals surface area (Å²) >= 11 is 0. The van der Waals surface area contributed by atoms with E-state index in [4.69, 9.17) is 0 Å². The first-order chi connectivity index (χ1) is 8.20. The predicted molar refractivity (Wildman–Crippen MR) is 68.6 cm³/mol. The molecule has 1 amide bonds. The molecule has 1 aromatic carbocycles. The molecular formula is C14H18N2O. The Morgan fingerprint density at radius 1 is 1.53 bits per heavy atom. The third-order valence-electron chi connectivity index (χ3n) is 3.12. The van der Waals surface area contributed by atoms with Crippen molar-refractivity contribution < 1.29 is 4.79 Å². The lowest BCUT2D eigenvalue weighted by Gasteiger charge is -2.26. The highest BCUT2D eigenvalue weighted by molar-refractivity contribution is 5.82. The standard InChI is InChI=1S/C14H18N2O/c1-3-10(2)16-14(17)13-8-11-6-4-5-7-12(11)9-15-13/h3-7,10,13,15H,1,8-9H2,2H3,(H,16,17)/t10?,13-/m1/s1. The van der Waals surface area contributed by atoms with Crippen LogP contribution >= 0.6 is 0 Å². The fraction of sp³-hybridized carbons (Fsp3) is 0.357. The summed E-state index contributed by atoms with van der Waals surface area (Å²) in [6, 6.07) is 8.12. The van der Waals surface area contributed by atoms with Gasteiger partial charge in [0, 0.05) is 12.6 Å². The smallest absolute Gasteiger partial charge is 0.237 e. The largest absolute Gasteiger partial charge is 0.349 e. The highest BCUT2D eigenvalue weighted by Gasteiger charge is 2.23. The summed E-state index contributed by atoms with van der Waals surface area (Å²) in [5.41, 5.74) is 2.55. The molecule has 2 N–H and O–H groups in total. The summed E-state index contributed by atoms with van der Waals surface area (Å²) in [4.78, 5) is 12.0. The van der Waals surface area contributed by atoms with Gasteiger partial charge in [0.15, 0.2) is 0 Å². The van der Waals surface area contributed by atoms with E-state index in [1.807, 2.05) is 19.1 Å². The maximum atomic E-state index is 12.0. The van der Waals surface area contributed by atoms with Gasteiger partial charge in [0.1, 0.15) is 0 Å². The van der Waals surface area contributed by atoms with Gasteiger partial charge in [0.05, 0.1) is 6.04 Å². The number of carbonyl (C=O) groups is 1. The normalized spacial score (nSPS) is 20.2. The topological polar surface area (TPSA) is 41.1 Å². The van der Waals surface area contributed by atoms with Crippen LogP contribution in [0.2, 0.25) is 0 Å². The number of carbonyl (C=O) groups excluding carboxylic acids is 1. The summed E-state index contributed by atoms with van der Waals surface area (Å²) in [7, 11) is 0. The Morgan fingerprint density at radius 2 is 2.24 bits per heavy atom. The van der Waals surface area contributed by atoms with Crippen LogP contribution in [0, 0.1) is 0 Å². The molecule has 3 heteroatoms. The lowest BCUT2D eigenvalue weighted by Crippen LogP contribution is -2.49. The Bertz CT molecular complexity index is 428. The quantitative estimate of drug-likeness (QED) is 0.770. The molecule has 0 spiro atoms. The molecule has 90 valence electrons. The van der Waals surface area contributed by atoms with Crippen LogP contribution < -0.4 is 10.6 Å². The van der Waals surface area contributed by atoms with E-state index >= 15 is 0 Å². The van der Waals surface area contributed by atoms with Gasteiger partial charge in [0.25, 0.3) is 0 Å². The average molecular weight is 230 g/mol. The lowest BCUT2D eigenvalue weighted by atomic mass is 9.95. The molecule has 3 nitrogen and oxygen atoms in total. The molecule has 0 saturated heterocycles. The monoisotopic (exact) mass is 230 g/mol. The highest BCUT2D eigenvalue weighted by Crippen LogP contribution is 2.16. The molecule has 0 aliphatic carbocycles. The van der Waals surface area contributed by atoms with E-state index in [1.54, 1.807) is 6.08 Å². The van der Waals surface area contributed by atoms with Crippen LogP contribution in [0.1, 0.15) is 18.1 Å². The minimum absolute atomic E-state index is 0.0153. The highest BCUT2D eigenvalue weighted by atomic mass is 16.2. The van der Waals surface area contributed by atoms with Crippen LogP contribution in [-0.4, -0.2) is 18.0 Å². The predicted octanol–water partition coefficient (Wildman–Crippen LogP) is 1.39. The molecule has 0 saturated carbocycles. The number of rotatable bonds is 3. The van der Waals surface area contributed by atoms with E-state index in [9.17, 15) is 4.79 Å². The van der Waals surface area contributed by atoms with Crippen molar-refractivity contribution in [3.8, 4) is 0 Å². The zero-order valence-corrected chi connectivity index (χ0v) is 10.1. The average Bonchev–Trinajstić information content (AvgIpc) is 2.38. The molecule has 1 aliphatic rings. The number of hydrogen-bond donors (Lipinski definition) is 2. The zero-order valence-electron chi connectivity index (χ0n) is 10.1. The minimum Gasteiger partial charge on any atom is -0.349 e. The lowest BCUT2D eigenvalue weighted by molar-refractivity contribution is -0.123. The fourth-order valence-electron chi connectivity index (χ4n) is 2.02. The van der Waals surface area contributed by atoms with Crippen LogP contribution in [-0.2, 0) is 17.8 Å². The third kappa shape index (κ3) is 2.74. The SMILES string of the molecule is C=CC(C)NC(=O)[C@H]1Cc2ccccc2CN1. The molecule has 0 radical (unpaired) electrons. The zero-order chi connectivity index (χ0) is 12.3. The summed E-state index contributed by atoms with van der Waals surface area (Å²) in [6.07, 6.45) is 2.49. The summed E-state index contributed by atoms with van der Waals surface area (Å²) in [5, 5.41) is 6.17. The summed E-state index contributed by atoms with van der Waals surface area (Å²) < 4.78 is 0. The first kappa shape index (κ1) is 11.9. The number of benzene rings is 1. The number of amides is 1. The van der Waals surface area contributed by atoms with Gasteiger partial charge in [-0.05, 0) is 24.5 Å². The van der Waals surface area contributed by atoms with Crippen LogP contribution in [0.5, 0.6) is 0 Å². The molecule has 1 heterocycles. The van der Waals surface area contributed by atoms with E-state index in [0.717, 1.165) is 13.0 Å². The molecule has 1 aromatic rings. The van der Waals surface area contributed by atoms with Crippen molar-refractivity contribution in [3.63, 3.8) is 0 Å². The first-order valence-electron chi connectivity index (χ1n) is 5.94. The van der Waals surface area contributed by atoms with Crippen LogP contribution in [0.25, 0.3) is 0 Å². The van der Waals surface area contributed by atoms with E-state index in [-0.39, 0.29) is 18.0 Å². The van der Waals surface area contributed by atoms with Crippen molar-refractivity contribution in [2.75, 3.05) is 0 Å². The van der Waals surface area contributed by atoms with Crippen LogP contribution in [0.15, 0.2) is 36.9 Å². The van der Waals surface area contributed by atoms with Crippen molar-refractivity contribution in [2.24, 2.45) is 0 Å². The minimum atomic E-state index is -0.132. The molecule has 1 unspecified atom stereocenters. The third-order valence-corrected chi connectivity index (χ3v) is 3.12. The van der Waals surface area contributed by atoms with Gasteiger partial charge in [-0.25, -0.2) is 0 Å². The van der Waals surface area contributed by atoms with E-state index in [2.05, 4.69) is 29.3 Å². The Morgan fingerprint density at radius 3 is 2.94 bits per heavy atom. The van der Waals surface area contributed by atoms with Crippen LogP contribution in [0.3, 0.4) is 0 Å². The van der Waals surface area contributed by atoms with Crippen molar-refractivity contribution in [2.45, 2.75) is 32.0 Å². The molecule has 2 rings (SSSR count). The van der Waals surface area contributed by atoms with Gasteiger partial charge in [0.2, 0.25) is 5.91 Å². The summed E-state index contributed by atoms with van der Waals surface area (Å²) in [5.74, 6) is 0.0481. The van der Waals surface area contributed by atoms with Crippen molar-refractivity contribution in [1.29, 1.82) is 0 Å². The molecule has 0 bridgehead atoms. The Labute approximate surface area is 102 Å². The molecule has 1 aliphatic heterocycles. The van der Waals surface area contributed by atoms with Crippen LogP contribution in [0.4, 0.5) is 0 Å². The van der Waals surface area contributed by atoms with Gasteiger partial charge in [-0.3, -0.25) is 4.79 Å². The second kappa shape index (κ2) is 5.15. The Balaban J connectivity index is 2.02. The second-order valence-electron chi connectivity index (χ2n) is 4.44. The van der Waals surface area contributed by atoms with Gasteiger partial charge >= 0.3 is 0 Å². The number of nitrogens with one attached hydrogen (secondary N) is 2. The van der Waals surface area contributed by atoms with Crippen molar-refractivity contribution in [3.05, 3.63) is 48.0 Å². The fourth-order valence-corrected chi connectivity index (χ4v) is 2.02. The first-order valence-corrected chi connectivity index (χ1v) is 5.94. The second-order valence-corrected chi connectivity index (χ2v) is 4.44. The number of hydrogen-bond acceptors (Lipinski definition) is 2. The number of fused-ring (bicyclic) bond motifs is 1. The van der Waals surface area contributed by atoms with Crippen molar-refractivity contribution in [1.82, 2.24) is 10.6 Å². The van der Waals surface area contributed by atoms with Gasteiger partial charge in [-0.2, -0.15) is 0 Å². The van der Waals surface area contributed by atoms with E-state index < -0.39 is 0 Å². The van der Waals surface area contributed by atoms with E-state index in [1.165, 1.54) is 11.1 Å².